The topological polar surface area (TPSA) is 53.0 Å². The quantitative estimate of drug-likeness (QED) is 0.828. The van der Waals surface area contributed by atoms with Crippen LogP contribution in [0.3, 0.4) is 0 Å². The second kappa shape index (κ2) is 4.58. The number of hydrogen-bond donors (Lipinski definition) is 1. The van der Waals surface area contributed by atoms with Crippen LogP contribution in [0.4, 0.5) is 10.1 Å². The fraction of sp³-hybridized carbons (Fsp3) is 0.500. The molecule has 1 aromatic carbocycles. The predicted octanol–water partition coefficient (Wildman–Crippen LogP) is 2.26. The number of nitrogens with two attached hydrogens (primary N) is 1. The summed E-state index contributed by atoms with van der Waals surface area (Å²) in [6.45, 7) is 5.85. The van der Waals surface area contributed by atoms with Crippen molar-refractivity contribution in [2.45, 2.75) is 26.3 Å². The summed E-state index contributed by atoms with van der Waals surface area (Å²) in [6, 6.07) is 6.60. The number of benzene rings is 1. The Balaban J connectivity index is 2.31. The van der Waals surface area contributed by atoms with E-state index in [9.17, 15) is 4.39 Å². The first-order valence-electron chi connectivity index (χ1n) is 6.14. The molecule has 1 atom stereocenters. The van der Waals surface area contributed by atoms with Gasteiger partial charge >= 0.3 is 0 Å². The van der Waals surface area contributed by atoms with Crippen LogP contribution >= 0.6 is 0 Å². The lowest BCUT2D eigenvalue weighted by Gasteiger charge is -2.43. The summed E-state index contributed by atoms with van der Waals surface area (Å²) in [6.07, 6.45) is 0.884. The summed E-state index contributed by atoms with van der Waals surface area (Å²) >= 11 is 0. The van der Waals surface area contributed by atoms with Crippen molar-refractivity contribution >= 4 is 5.69 Å². The molecule has 0 aromatic heterocycles. The van der Waals surface area contributed by atoms with Crippen LogP contribution in [0.1, 0.15) is 25.8 Å². The van der Waals surface area contributed by atoms with E-state index in [1.807, 2.05) is 0 Å². The molecule has 1 fully saturated rings. The lowest BCUT2D eigenvalue weighted by atomic mass is 9.79. The van der Waals surface area contributed by atoms with E-state index in [0.29, 0.717) is 5.56 Å². The van der Waals surface area contributed by atoms with Gasteiger partial charge in [-0.15, -0.1) is 0 Å². The van der Waals surface area contributed by atoms with Crippen LogP contribution in [0.2, 0.25) is 0 Å². The van der Waals surface area contributed by atoms with Crippen LogP contribution in [0, 0.1) is 22.6 Å². The van der Waals surface area contributed by atoms with Gasteiger partial charge < -0.3 is 10.6 Å². The molecule has 1 aliphatic heterocycles. The zero-order valence-corrected chi connectivity index (χ0v) is 10.8. The summed E-state index contributed by atoms with van der Waals surface area (Å²) in [5.74, 6) is -0.372. The molecule has 0 saturated carbocycles. The van der Waals surface area contributed by atoms with Crippen LogP contribution in [0.15, 0.2) is 18.2 Å². The highest BCUT2D eigenvalue weighted by molar-refractivity contribution is 5.59. The van der Waals surface area contributed by atoms with Crippen molar-refractivity contribution in [1.82, 2.24) is 0 Å². The molecule has 4 heteroatoms. The van der Waals surface area contributed by atoms with Gasteiger partial charge in [-0.05, 0) is 30.0 Å². The number of nitriles is 1. The van der Waals surface area contributed by atoms with Crippen LogP contribution in [-0.4, -0.2) is 19.1 Å². The van der Waals surface area contributed by atoms with Gasteiger partial charge in [0.05, 0.1) is 11.3 Å². The highest BCUT2D eigenvalue weighted by atomic mass is 19.1. The minimum Gasteiger partial charge on any atom is -0.370 e. The number of piperidine rings is 1. The molecule has 2 N–H and O–H groups in total. The first kappa shape index (κ1) is 12.8. The molecule has 0 aliphatic carbocycles. The van der Waals surface area contributed by atoms with E-state index in [1.54, 1.807) is 6.07 Å². The van der Waals surface area contributed by atoms with Crippen LogP contribution in [0.25, 0.3) is 0 Å². The summed E-state index contributed by atoms with van der Waals surface area (Å²) in [4.78, 5) is 2.13. The third kappa shape index (κ3) is 2.32. The fourth-order valence-electron chi connectivity index (χ4n) is 2.45. The lowest BCUT2D eigenvalue weighted by molar-refractivity contribution is 0.245. The summed E-state index contributed by atoms with van der Waals surface area (Å²) in [5.41, 5.74) is 7.29. The average Bonchev–Trinajstić information content (AvgIpc) is 2.32. The van der Waals surface area contributed by atoms with Gasteiger partial charge in [0.2, 0.25) is 0 Å². The second-order valence-electron chi connectivity index (χ2n) is 5.58. The van der Waals surface area contributed by atoms with E-state index >= 15 is 0 Å². The van der Waals surface area contributed by atoms with Gasteiger partial charge in [0.1, 0.15) is 11.9 Å². The Kier molecular flexibility index (Phi) is 3.27. The largest absolute Gasteiger partial charge is 0.370 e. The maximum Gasteiger partial charge on any atom is 0.124 e. The molecule has 18 heavy (non-hydrogen) atoms. The molecular weight excluding hydrogens is 229 g/mol. The summed E-state index contributed by atoms with van der Waals surface area (Å²) < 4.78 is 13.1. The van der Waals surface area contributed by atoms with Crippen LogP contribution in [-0.2, 0) is 0 Å². The molecule has 3 nitrogen and oxygen atoms in total. The van der Waals surface area contributed by atoms with Crippen molar-refractivity contribution in [2.75, 3.05) is 18.0 Å². The van der Waals surface area contributed by atoms with Gasteiger partial charge in [0, 0.05) is 19.1 Å². The summed E-state index contributed by atoms with van der Waals surface area (Å²) in [5, 5.41) is 9.09. The maximum atomic E-state index is 13.1. The number of anilines is 1. The summed E-state index contributed by atoms with van der Waals surface area (Å²) in [7, 11) is 0. The monoisotopic (exact) mass is 247 g/mol. The van der Waals surface area contributed by atoms with Crippen LogP contribution < -0.4 is 10.6 Å². The molecule has 1 saturated heterocycles. The molecule has 0 spiro atoms. The van der Waals surface area contributed by atoms with E-state index in [0.717, 1.165) is 25.2 Å². The Morgan fingerprint density at radius 2 is 2.22 bits per heavy atom. The molecule has 2 rings (SSSR count). The van der Waals surface area contributed by atoms with Crippen molar-refractivity contribution in [2.24, 2.45) is 11.1 Å². The Morgan fingerprint density at radius 3 is 2.83 bits per heavy atom. The molecule has 1 unspecified atom stereocenters. The average molecular weight is 247 g/mol. The molecule has 0 bridgehead atoms. The number of nitrogens with zero attached hydrogens (tertiary/aromatic N) is 2. The number of hydrogen-bond acceptors (Lipinski definition) is 3. The van der Waals surface area contributed by atoms with E-state index in [-0.39, 0.29) is 17.3 Å². The fourth-order valence-corrected chi connectivity index (χ4v) is 2.45. The van der Waals surface area contributed by atoms with Gasteiger partial charge in [-0.3, -0.25) is 0 Å². The zero-order valence-electron chi connectivity index (χ0n) is 10.8. The molecule has 96 valence electrons. The van der Waals surface area contributed by atoms with Gasteiger partial charge in [-0.25, -0.2) is 4.39 Å². The van der Waals surface area contributed by atoms with Gasteiger partial charge in [-0.1, -0.05) is 13.8 Å². The minimum atomic E-state index is -0.372. The predicted molar refractivity (Wildman–Crippen MR) is 69.7 cm³/mol. The Labute approximate surface area is 107 Å². The third-order valence-corrected chi connectivity index (χ3v) is 3.73. The molecule has 0 radical (unpaired) electrons. The lowest BCUT2D eigenvalue weighted by Crippen LogP contribution is -2.52. The van der Waals surface area contributed by atoms with E-state index in [2.05, 4.69) is 24.8 Å². The SMILES string of the molecule is CC1(C)CN(c2ccc(F)cc2C#N)CCC1N. The van der Waals surface area contributed by atoms with Crippen molar-refractivity contribution in [3.05, 3.63) is 29.6 Å². The van der Waals surface area contributed by atoms with Crippen LogP contribution in [0.5, 0.6) is 0 Å². The Morgan fingerprint density at radius 1 is 1.50 bits per heavy atom. The number of halogens is 1. The highest BCUT2D eigenvalue weighted by Crippen LogP contribution is 2.32. The standard InChI is InChI=1S/C14H18FN3/c1-14(2)9-18(6-5-13(14)17)12-4-3-11(15)7-10(12)8-16/h3-4,7,13H,5-6,9,17H2,1-2H3. The highest BCUT2D eigenvalue weighted by Gasteiger charge is 2.34. The molecule has 1 aromatic rings. The minimum absolute atomic E-state index is 0.000633. The van der Waals surface area contributed by atoms with Crippen molar-refractivity contribution < 1.29 is 4.39 Å². The van der Waals surface area contributed by atoms with E-state index in [4.69, 9.17) is 11.0 Å². The Hall–Kier alpha value is -1.60. The van der Waals surface area contributed by atoms with E-state index in [1.165, 1.54) is 12.1 Å². The molecular formula is C14H18FN3. The van der Waals surface area contributed by atoms with Gasteiger partial charge in [-0.2, -0.15) is 5.26 Å². The van der Waals surface area contributed by atoms with Gasteiger partial charge in [0.15, 0.2) is 0 Å². The zero-order chi connectivity index (χ0) is 13.3. The van der Waals surface area contributed by atoms with Crippen molar-refractivity contribution in [3.63, 3.8) is 0 Å². The first-order valence-corrected chi connectivity index (χ1v) is 6.14. The number of rotatable bonds is 1. The normalized spacial score (nSPS) is 22.6. The van der Waals surface area contributed by atoms with Crippen molar-refractivity contribution in [3.8, 4) is 6.07 Å². The first-order chi connectivity index (χ1) is 8.44. The maximum absolute atomic E-state index is 13.1. The van der Waals surface area contributed by atoms with Gasteiger partial charge in [0.25, 0.3) is 0 Å². The molecule has 0 amide bonds. The molecule has 1 aliphatic rings. The van der Waals surface area contributed by atoms with Crippen molar-refractivity contribution in [1.29, 1.82) is 5.26 Å². The van der Waals surface area contributed by atoms with E-state index < -0.39 is 0 Å². The second-order valence-corrected chi connectivity index (χ2v) is 5.58. The third-order valence-electron chi connectivity index (χ3n) is 3.73. The smallest absolute Gasteiger partial charge is 0.124 e. The molecule has 1 heterocycles. The Bertz CT molecular complexity index is 490.